The minimum atomic E-state index is -1.34. The van der Waals surface area contributed by atoms with Crippen LogP contribution in [0.3, 0.4) is 0 Å². The number of aromatic nitrogens is 1. The van der Waals surface area contributed by atoms with Gasteiger partial charge in [0.15, 0.2) is 0 Å². The van der Waals surface area contributed by atoms with E-state index < -0.39 is 8.07 Å². The maximum atomic E-state index is 6.06. The summed E-state index contributed by atoms with van der Waals surface area (Å²) in [6.45, 7) is 6.79. The molecule has 0 bridgehead atoms. The number of pyridine rings is 1. The first-order valence-corrected chi connectivity index (χ1v) is 8.39. The molecule has 0 aliphatic heterocycles. The van der Waals surface area contributed by atoms with E-state index >= 15 is 0 Å². The average molecular weight is 265 g/mol. The molecule has 0 aliphatic rings. The fourth-order valence-electron chi connectivity index (χ4n) is 1.13. The van der Waals surface area contributed by atoms with Gasteiger partial charge in [-0.05, 0) is 21.1 Å². The molecule has 1 rings (SSSR count). The molecule has 1 aromatic heterocycles. The van der Waals surface area contributed by atoms with Crippen molar-refractivity contribution in [3.63, 3.8) is 0 Å². The lowest BCUT2D eigenvalue weighted by Gasteiger charge is -2.19. The standard InChI is InChI=1S/C8H11BrClNSi/c1-12(2,3)8-6(9)4-11-5-7(8)10/h4-5H,1-3H3. The molecule has 0 amide bonds. The Labute approximate surface area is 87.3 Å². The molecule has 12 heavy (non-hydrogen) atoms. The van der Waals surface area contributed by atoms with Crippen molar-refractivity contribution in [3.05, 3.63) is 21.9 Å². The van der Waals surface area contributed by atoms with Gasteiger partial charge in [0.25, 0.3) is 0 Å². The van der Waals surface area contributed by atoms with Gasteiger partial charge < -0.3 is 0 Å². The second kappa shape index (κ2) is 3.48. The molecule has 0 radical (unpaired) electrons. The van der Waals surface area contributed by atoms with Crippen LogP contribution >= 0.6 is 27.5 Å². The Balaban J connectivity index is 3.31. The highest BCUT2D eigenvalue weighted by molar-refractivity contribution is 9.10. The maximum absolute atomic E-state index is 6.06. The van der Waals surface area contributed by atoms with E-state index in [4.69, 9.17) is 11.6 Å². The third kappa shape index (κ3) is 2.09. The molecule has 0 N–H and O–H groups in total. The van der Waals surface area contributed by atoms with E-state index in [1.54, 1.807) is 12.4 Å². The molecule has 0 saturated carbocycles. The van der Waals surface area contributed by atoms with Crippen LogP contribution in [-0.2, 0) is 0 Å². The zero-order valence-corrected chi connectivity index (χ0v) is 10.7. The van der Waals surface area contributed by atoms with Gasteiger partial charge in [-0.15, -0.1) is 0 Å². The van der Waals surface area contributed by atoms with Crippen molar-refractivity contribution < 1.29 is 0 Å². The lowest BCUT2D eigenvalue weighted by Crippen LogP contribution is -2.39. The van der Waals surface area contributed by atoms with Crippen molar-refractivity contribution in [3.8, 4) is 0 Å². The second-order valence-corrected chi connectivity index (χ2v) is 9.99. The highest BCUT2D eigenvalue weighted by Crippen LogP contribution is 2.17. The lowest BCUT2D eigenvalue weighted by atomic mass is 10.5. The van der Waals surface area contributed by atoms with Crippen molar-refractivity contribution in [1.82, 2.24) is 4.98 Å². The molecule has 1 nitrogen and oxygen atoms in total. The highest BCUT2D eigenvalue weighted by Gasteiger charge is 2.22. The summed E-state index contributed by atoms with van der Waals surface area (Å²) in [4.78, 5) is 4.00. The fraction of sp³-hybridized carbons (Fsp3) is 0.375. The van der Waals surface area contributed by atoms with Gasteiger partial charge in [0.1, 0.15) is 0 Å². The molecule has 0 spiro atoms. The third-order valence-corrected chi connectivity index (χ3v) is 5.05. The van der Waals surface area contributed by atoms with Gasteiger partial charge in [-0.3, -0.25) is 4.98 Å². The van der Waals surface area contributed by atoms with Crippen molar-refractivity contribution in [1.29, 1.82) is 0 Å². The molecule has 66 valence electrons. The lowest BCUT2D eigenvalue weighted by molar-refractivity contribution is 1.32. The van der Waals surface area contributed by atoms with Gasteiger partial charge in [-0.25, -0.2) is 0 Å². The molecule has 1 aromatic rings. The van der Waals surface area contributed by atoms with Gasteiger partial charge >= 0.3 is 0 Å². The Morgan fingerprint density at radius 1 is 1.33 bits per heavy atom. The second-order valence-electron chi connectivity index (χ2n) is 3.73. The maximum Gasteiger partial charge on any atom is 0.0811 e. The summed E-state index contributed by atoms with van der Waals surface area (Å²) in [6.07, 6.45) is 3.51. The van der Waals surface area contributed by atoms with Gasteiger partial charge in [0.2, 0.25) is 0 Å². The Hall–Kier alpha value is 0.137. The summed E-state index contributed by atoms with van der Waals surface area (Å²) < 4.78 is 1.04. The fourth-order valence-corrected chi connectivity index (χ4v) is 5.93. The normalized spacial score (nSPS) is 11.8. The molecule has 0 unspecified atom stereocenters. The van der Waals surface area contributed by atoms with Crippen LogP contribution < -0.4 is 5.19 Å². The molecule has 4 heteroatoms. The summed E-state index contributed by atoms with van der Waals surface area (Å²) >= 11 is 9.53. The van der Waals surface area contributed by atoms with Crippen LogP contribution in [-0.4, -0.2) is 13.1 Å². The van der Waals surface area contributed by atoms with Crippen LogP contribution in [0.25, 0.3) is 0 Å². The van der Waals surface area contributed by atoms with Gasteiger partial charge in [-0.2, -0.15) is 0 Å². The van der Waals surface area contributed by atoms with E-state index in [0.717, 1.165) is 9.50 Å². The number of halogens is 2. The first-order valence-electron chi connectivity index (χ1n) is 3.72. The van der Waals surface area contributed by atoms with Crippen molar-refractivity contribution >= 4 is 40.8 Å². The molecule has 0 aliphatic carbocycles. The molecular weight excluding hydrogens is 254 g/mol. The Morgan fingerprint density at radius 2 is 1.92 bits per heavy atom. The minimum Gasteiger partial charge on any atom is -0.262 e. The van der Waals surface area contributed by atoms with E-state index in [2.05, 4.69) is 40.6 Å². The predicted molar refractivity (Wildman–Crippen MR) is 59.9 cm³/mol. The predicted octanol–water partition coefficient (Wildman–Crippen LogP) is 3.04. The quantitative estimate of drug-likeness (QED) is 0.711. The third-order valence-electron chi connectivity index (χ3n) is 1.60. The number of hydrogen-bond donors (Lipinski definition) is 0. The van der Waals surface area contributed by atoms with Crippen molar-refractivity contribution in [2.45, 2.75) is 19.6 Å². The molecule has 0 aromatic carbocycles. The number of rotatable bonds is 1. The van der Waals surface area contributed by atoms with E-state index in [-0.39, 0.29) is 0 Å². The summed E-state index contributed by atoms with van der Waals surface area (Å²) in [7, 11) is -1.34. The van der Waals surface area contributed by atoms with Crippen LogP contribution in [0.4, 0.5) is 0 Å². The SMILES string of the molecule is C[Si](C)(C)c1c(Cl)cncc1Br. The zero-order valence-electron chi connectivity index (χ0n) is 7.36. The molecule has 0 atom stereocenters. The van der Waals surface area contributed by atoms with Crippen LogP contribution in [0.1, 0.15) is 0 Å². The molecule has 0 fully saturated rings. The molecular formula is C8H11BrClNSi. The molecule has 0 saturated heterocycles. The van der Waals surface area contributed by atoms with Crippen molar-refractivity contribution in [2.24, 2.45) is 0 Å². The zero-order chi connectivity index (χ0) is 9.35. The smallest absolute Gasteiger partial charge is 0.0811 e. The van der Waals surface area contributed by atoms with Gasteiger partial charge in [0, 0.05) is 16.9 Å². The molecule has 1 heterocycles. The van der Waals surface area contributed by atoms with Crippen LogP contribution in [0.5, 0.6) is 0 Å². The topological polar surface area (TPSA) is 12.9 Å². The van der Waals surface area contributed by atoms with Crippen molar-refractivity contribution in [2.75, 3.05) is 0 Å². The van der Waals surface area contributed by atoms with Crippen LogP contribution in [0.2, 0.25) is 24.7 Å². The summed E-state index contributed by atoms with van der Waals surface area (Å²) in [6, 6.07) is 0. The average Bonchev–Trinajstić information content (AvgIpc) is 1.82. The Kier molecular flexibility index (Phi) is 2.96. The van der Waals surface area contributed by atoms with Crippen LogP contribution in [0, 0.1) is 0 Å². The minimum absolute atomic E-state index is 0.781. The monoisotopic (exact) mass is 263 g/mol. The Bertz CT molecular complexity index is 275. The summed E-state index contributed by atoms with van der Waals surface area (Å²) in [5, 5.41) is 2.03. The van der Waals surface area contributed by atoms with E-state index in [1.165, 1.54) is 5.19 Å². The van der Waals surface area contributed by atoms with Gasteiger partial charge in [-0.1, -0.05) is 31.2 Å². The largest absolute Gasteiger partial charge is 0.262 e. The summed E-state index contributed by atoms with van der Waals surface area (Å²) in [5.41, 5.74) is 0. The highest BCUT2D eigenvalue weighted by atomic mass is 79.9. The summed E-state index contributed by atoms with van der Waals surface area (Å²) in [5.74, 6) is 0. The van der Waals surface area contributed by atoms with E-state index in [9.17, 15) is 0 Å². The number of hydrogen-bond acceptors (Lipinski definition) is 1. The van der Waals surface area contributed by atoms with Crippen LogP contribution in [0.15, 0.2) is 16.9 Å². The number of nitrogens with zero attached hydrogens (tertiary/aromatic N) is 1. The van der Waals surface area contributed by atoms with Gasteiger partial charge in [0.05, 0.1) is 13.1 Å². The first kappa shape index (κ1) is 10.2. The van der Waals surface area contributed by atoms with E-state index in [0.29, 0.717) is 0 Å². The van der Waals surface area contributed by atoms with E-state index in [1.807, 2.05) is 0 Å². The Morgan fingerprint density at radius 3 is 2.25 bits per heavy atom. The first-order chi connectivity index (χ1) is 5.43.